The van der Waals surface area contributed by atoms with Crippen LogP contribution in [0.3, 0.4) is 0 Å². The van der Waals surface area contributed by atoms with Crippen molar-refractivity contribution < 1.29 is 14.7 Å². The Balaban J connectivity index is 1.61. The number of carbonyl (C=O) groups excluding carboxylic acids is 1. The lowest BCUT2D eigenvalue weighted by atomic mass is 10.1. The van der Waals surface area contributed by atoms with Crippen LogP contribution in [0.2, 0.25) is 0 Å². The van der Waals surface area contributed by atoms with Gasteiger partial charge in [0, 0.05) is 46.2 Å². The fourth-order valence-corrected chi connectivity index (χ4v) is 4.09. The molecule has 0 atom stereocenters. The fourth-order valence-electron chi connectivity index (χ4n) is 4.09. The van der Waals surface area contributed by atoms with Crippen molar-refractivity contribution in [2.24, 2.45) is 7.05 Å². The third-order valence-electron chi connectivity index (χ3n) is 5.92. The van der Waals surface area contributed by atoms with Gasteiger partial charge in [0.15, 0.2) is 11.2 Å². The number of aryl methyl sites for hydroxylation is 3. The highest BCUT2D eigenvalue weighted by atomic mass is 16.4. The van der Waals surface area contributed by atoms with E-state index in [1.165, 1.54) is 4.57 Å². The molecule has 1 saturated heterocycles. The minimum Gasteiger partial charge on any atom is -0.481 e. The highest BCUT2D eigenvalue weighted by molar-refractivity contribution is 5.81. The van der Waals surface area contributed by atoms with E-state index in [1.54, 1.807) is 11.9 Å². The quantitative estimate of drug-likeness (QED) is 0.520. The summed E-state index contributed by atoms with van der Waals surface area (Å²) in [4.78, 5) is 58.5. The highest BCUT2D eigenvalue weighted by Crippen LogP contribution is 2.22. The van der Waals surface area contributed by atoms with Crippen LogP contribution < -0.4 is 16.1 Å². The zero-order valence-corrected chi connectivity index (χ0v) is 18.4. The lowest BCUT2D eigenvalue weighted by Gasteiger charge is -2.35. The first-order valence-electron chi connectivity index (χ1n) is 10.8. The Bertz CT molecular complexity index is 1280. The van der Waals surface area contributed by atoms with Gasteiger partial charge in [0.2, 0.25) is 11.9 Å². The van der Waals surface area contributed by atoms with Crippen molar-refractivity contribution in [3.05, 3.63) is 56.7 Å². The number of imidazole rings is 1. The number of hydrogen-bond acceptors (Lipinski definition) is 6. The molecule has 0 radical (unpaired) electrons. The van der Waals surface area contributed by atoms with Gasteiger partial charge in [0.25, 0.3) is 5.56 Å². The number of carbonyl (C=O) groups is 2. The van der Waals surface area contributed by atoms with E-state index >= 15 is 0 Å². The molecular formula is C22H26N6O5. The number of nitrogens with one attached hydrogen (secondary N) is 1. The van der Waals surface area contributed by atoms with Gasteiger partial charge in [-0.25, -0.2) is 4.79 Å². The molecule has 33 heavy (non-hydrogen) atoms. The number of rotatable bonds is 7. The predicted octanol–water partition coefficient (Wildman–Crippen LogP) is 0.179. The number of anilines is 1. The van der Waals surface area contributed by atoms with Gasteiger partial charge in [-0.2, -0.15) is 4.98 Å². The van der Waals surface area contributed by atoms with Crippen LogP contribution in [0.4, 0.5) is 5.95 Å². The van der Waals surface area contributed by atoms with Crippen LogP contribution in [0.5, 0.6) is 0 Å². The molecule has 0 saturated carbocycles. The third-order valence-corrected chi connectivity index (χ3v) is 5.92. The molecule has 1 aliphatic rings. The van der Waals surface area contributed by atoms with Crippen LogP contribution in [-0.2, 0) is 29.6 Å². The van der Waals surface area contributed by atoms with Crippen molar-refractivity contribution in [2.75, 3.05) is 31.1 Å². The molecule has 11 nitrogen and oxygen atoms in total. The van der Waals surface area contributed by atoms with E-state index in [0.29, 0.717) is 56.3 Å². The molecule has 0 bridgehead atoms. The number of fused-ring (bicyclic) bond motifs is 1. The maximum Gasteiger partial charge on any atom is 0.329 e. The molecule has 2 aromatic heterocycles. The topological polar surface area (TPSA) is 134 Å². The lowest BCUT2D eigenvalue weighted by Crippen LogP contribution is -2.49. The van der Waals surface area contributed by atoms with Crippen molar-refractivity contribution in [3.8, 4) is 0 Å². The number of nitrogens with zero attached hydrogens (tertiary/aromatic N) is 5. The first-order chi connectivity index (χ1) is 15.8. The monoisotopic (exact) mass is 454 g/mol. The number of aromatic nitrogens is 4. The summed E-state index contributed by atoms with van der Waals surface area (Å²) in [6.07, 6.45) is 0.461. The second-order valence-electron chi connectivity index (χ2n) is 8.05. The summed E-state index contributed by atoms with van der Waals surface area (Å²) in [6.45, 7) is 2.32. The highest BCUT2D eigenvalue weighted by Gasteiger charge is 2.26. The first-order valence-corrected chi connectivity index (χ1v) is 10.8. The van der Waals surface area contributed by atoms with Crippen molar-refractivity contribution >= 4 is 29.0 Å². The minimum absolute atomic E-state index is 0.0254. The van der Waals surface area contributed by atoms with Gasteiger partial charge in [-0.1, -0.05) is 30.3 Å². The number of carboxylic acid groups (broad SMARTS) is 1. The van der Waals surface area contributed by atoms with Crippen molar-refractivity contribution in [1.29, 1.82) is 0 Å². The van der Waals surface area contributed by atoms with Crippen LogP contribution in [0.1, 0.15) is 18.4 Å². The minimum atomic E-state index is -0.995. The number of aromatic amines is 1. The molecule has 11 heteroatoms. The molecule has 0 aliphatic carbocycles. The number of amides is 1. The zero-order chi connectivity index (χ0) is 23.5. The largest absolute Gasteiger partial charge is 0.481 e. The van der Waals surface area contributed by atoms with Crippen molar-refractivity contribution in [3.63, 3.8) is 0 Å². The Labute approximate surface area is 188 Å². The number of piperazine rings is 1. The Morgan fingerprint density at radius 1 is 1.06 bits per heavy atom. The number of aliphatic carboxylic acids is 1. The molecule has 3 heterocycles. The molecule has 1 aromatic carbocycles. The Morgan fingerprint density at radius 2 is 1.76 bits per heavy atom. The Kier molecular flexibility index (Phi) is 6.29. The van der Waals surface area contributed by atoms with Crippen LogP contribution in [0.15, 0.2) is 39.9 Å². The second-order valence-corrected chi connectivity index (χ2v) is 8.05. The van der Waals surface area contributed by atoms with Crippen LogP contribution in [0, 0.1) is 0 Å². The van der Waals surface area contributed by atoms with Gasteiger partial charge in [-0.15, -0.1) is 0 Å². The Morgan fingerprint density at radius 3 is 2.42 bits per heavy atom. The van der Waals surface area contributed by atoms with Gasteiger partial charge in [-0.3, -0.25) is 23.9 Å². The second kappa shape index (κ2) is 9.31. The number of hydrogen-bond donors (Lipinski definition) is 2. The van der Waals surface area contributed by atoms with Gasteiger partial charge in [0.05, 0.1) is 6.42 Å². The van der Waals surface area contributed by atoms with Gasteiger partial charge in [-0.05, 0) is 12.0 Å². The average molecular weight is 454 g/mol. The molecule has 0 spiro atoms. The van der Waals surface area contributed by atoms with Gasteiger partial charge < -0.3 is 19.5 Å². The zero-order valence-electron chi connectivity index (χ0n) is 18.4. The molecular weight excluding hydrogens is 428 g/mol. The van der Waals surface area contributed by atoms with E-state index in [0.717, 1.165) is 5.56 Å². The van der Waals surface area contributed by atoms with Crippen molar-refractivity contribution in [1.82, 2.24) is 24.0 Å². The average Bonchev–Trinajstić information content (AvgIpc) is 3.20. The van der Waals surface area contributed by atoms with E-state index in [4.69, 9.17) is 5.11 Å². The Hall–Kier alpha value is -3.89. The summed E-state index contributed by atoms with van der Waals surface area (Å²) in [6, 6.07) is 9.89. The molecule has 2 N–H and O–H groups in total. The number of benzene rings is 1. The molecule has 1 aliphatic heterocycles. The van der Waals surface area contributed by atoms with E-state index in [1.807, 2.05) is 39.8 Å². The summed E-state index contributed by atoms with van der Waals surface area (Å²) in [5, 5.41) is 8.81. The predicted molar refractivity (Wildman–Crippen MR) is 121 cm³/mol. The lowest BCUT2D eigenvalue weighted by molar-refractivity contribution is -0.141. The van der Waals surface area contributed by atoms with Crippen LogP contribution in [0.25, 0.3) is 11.2 Å². The van der Waals surface area contributed by atoms with Gasteiger partial charge >= 0.3 is 11.7 Å². The smallest absolute Gasteiger partial charge is 0.329 e. The third kappa shape index (κ3) is 4.66. The van der Waals surface area contributed by atoms with E-state index in [2.05, 4.69) is 9.97 Å². The maximum absolute atomic E-state index is 12.7. The summed E-state index contributed by atoms with van der Waals surface area (Å²) >= 11 is 0. The van der Waals surface area contributed by atoms with E-state index in [-0.39, 0.29) is 18.7 Å². The fraction of sp³-hybridized carbons (Fsp3) is 0.409. The summed E-state index contributed by atoms with van der Waals surface area (Å²) in [5.41, 5.74) is 0.748. The molecule has 4 rings (SSSR count). The van der Waals surface area contributed by atoms with E-state index < -0.39 is 17.2 Å². The van der Waals surface area contributed by atoms with E-state index in [9.17, 15) is 19.2 Å². The number of carboxylic acids is 1. The molecule has 3 aromatic rings. The first kappa shape index (κ1) is 22.3. The van der Waals surface area contributed by atoms with Crippen LogP contribution in [-0.4, -0.2) is 67.2 Å². The van der Waals surface area contributed by atoms with Crippen molar-refractivity contribution in [2.45, 2.75) is 25.8 Å². The molecule has 1 fully saturated rings. The summed E-state index contributed by atoms with van der Waals surface area (Å²) < 4.78 is 3.16. The summed E-state index contributed by atoms with van der Waals surface area (Å²) in [5.74, 6) is -0.608. The molecule has 174 valence electrons. The van der Waals surface area contributed by atoms with Gasteiger partial charge in [0.1, 0.15) is 0 Å². The number of H-pyrrole nitrogens is 1. The molecule has 1 amide bonds. The normalized spacial score (nSPS) is 14.1. The maximum atomic E-state index is 12.7. The van der Waals surface area contributed by atoms with Crippen LogP contribution >= 0.6 is 0 Å². The molecule has 0 unspecified atom stereocenters. The standard InChI is InChI=1S/C22H26N6O5/c1-25-19-18(20(32)24-22(25)33)28(10-9-15-5-3-2-4-6-15)21(23-19)27-13-11-26(12-14-27)16(29)7-8-17(30)31/h2-6H,7-14H2,1H3,(H,30,31)(H,24,32,33). The SMILES string of the molecule is Cn1c(=O)[nH]c(=O)c2c1nc(N1CCN(C(=O)CCC(=O)O)CC1)n2CCc1ccccc1. The summed E-state index contributed by atoms with van der Waals surface area (Å²) in [7, 11) is 1.57.